The molecule has 1 N–H and O–H groups in total. The summed E-state index contributed by atoms with van der Waals surface area (Å²) in [4.78, 5) is 30.7. The van der Waals surface area contributed by atoms with E-state index in [9.17, 15) is 25.0 Å². The molecular formula is C11H12N2O7. The quantitative estimate of drug-likeness (QED) is 0.390. The van der Waals surface area contributed by atoms with Crippen LogP contribution >= 0.6 is 0 Å². The summed E-state index contributed by atoms with van der Waals surface area (Å²) in [6.45, 7) is 4.89. The molecule has 0 radical (unpaired) electrons. The van der Waals surface area contributed by atoms with E-state index in [0.29, 0.717) is 6.07 Å². The number of carboxylic acid groups (broad SMARTS) is 1. The summed E-state index contributed by atoms with van der Waals surface area (Å²) in [5.74, 6) is -0.499. The molecule has 1 rings (SSSR count). The molecule has 0 heterocycles. The van der Waals surface area contributed by atoms with Crippen LogP contribution in [-0.2, 0) is 5.41 Å². The van der Waals surface area contributed by atoms with Gasteiger partial charge in [0.05, 0.1) is 15.9 Å². The molecule has 0 fully saturated rings. The Hall–Kier alpha value is -2.71. The highest BCUT2D eigenvalue weighted by Crippen LogP contribution is 2.41. The Morgan fingerprint density at radius 3 is 2.10 bits per heavy atom. The Kier molecular flexibility index (Phi) is 3.92. The fraction of sp³-hybridized carbons (Fsp3) is 0.364. The molecule has 9 nitrogen and oxygen atoms in total. The molecule has 0 spiro atoms. The van der Waals surface area contributed by atoms with Gasteiger partial charge in [-0.15, -0.1) is 0 Å². The standard InChI is InChI=1S/C11H12N2O7/c1-11(2,3)7-4-6(12(16)17)5-8(13(18)19)9(7)20-10(14)15/h4-5H,1-3H3,(H,14,15). The van der Waals surface area contributed by atoms with Crippen molar-refractivity contribution >= 4 is 17.5 Å². The largest absolute Gasteiger partial charge is 0.511 e. The summed E-state index contributed by atoms with van der Waals surface area (Å²) in [5.41, 5.74) is -1.96. The topological polar surface area (TPSA) is 133 Å². The van der Waals surface area contributed by atoms with Crippen molar-refractivity contribution in [2.45, 2.75) is 26.2 Å². The smallest absolute Gasteiger partial charge is 0.449 e. The van der Waals surface area contributed by atoms with Crippen molar-refractivity contribution in [3.05, 3.63) is 37.9 Å². The predicted molar refractivity (Wildman–Crippen MR) is 67.1 cm³/mol. The second-order valence-corrected chi connectivity index (χ2v) is 4.97. The van der Waals surface area contributed by atoms with E-state index in [1.807, 2.05) is 0 Å². The van der Waals surface area contributed by atoms with Crippen LogP contribution in [0.1, 0.15) is 26.3 Å². The Balaban J connectivity index is 3.71. The lowest BCUT2D eigenvalue weighted by Gasteiger charge is -2.21. The van der Waals surface area contributed by atoms with E-state index >= 15 is 0 Å². The van der Waals surface area contributed by atoms with Gasteiger partial charge < -0.3 is 9.84 Å². The molecule has 0 aliphatic rings. The molecule has 0 saturated heterocycles. The van der Waals surface area contributed by atoms with Gasteiger partial charge in [0.25, 0.3) is 5.69 Å². The number of nitro groups is 2. The number of nitro benzene ring substituents is 2. The van der Waals surface area contributed by atoms with E-state index in [0.717, 1.165) is 6.07 Å². The summed E-state index contributed by atoms with van der Waals surface area (Å²) < 4.78 is 4.45. The zero-order chi connectivity index (χ0) is 15.7. The van der Waals surface area contributed by atoms with Gasteiger partial charge >= 0.3 is 11.8 Å². The highest BCUT2D eigenvalue weighted by molar-refractivity contribution is 5.69. The van der Waals surface area contributed by atoms with Crippen LogP contribution < -0.4 is 4.74 Å². The van der Waals surface area contributed by atoms with Crippen molar-refractivity contribution in [3.63, 3.8) is 0 Å². The lowest BCUT2D eigenvalue weighted by molar-refractivity contribution is -0.394. The minimum atomic E-state index is -1.73. The molecular weight excluding hydrogens is 272 g/mol. The van der Waals surface area contributed by atoms with Gasteiger partial charge in [0.1, 0.15) is 0 Å². The molecule has 1 aromatic carbocycles. The zero-order valence-electron chi connectivity index (χ0n) is 10.9. The first-order valence-corrected chi connectivity index (χ1v) is 5.42. The van der Waals surface area contributed by atoms with Crippen LogP contribution in [0.25, 0.3) is 0 Å². The van der Waals surface area contributed by atoms with Crippen LogP contribution in [0.4, 0.5) is 16.2 Å². The average Bonchev–Trinajstić information content (AvgIpc) is 2.25. The third-order valence-electron chi connectivity index (χ3n) is 2.46. The lowest BCUT2D eigenvalue weighted by atomic mass is 9.85. The molecule has 0 bridgehead atoms. The second-order valence-electron chi connectivity index (χ2n) is 4.97. The first-order chi connectivity index (χ1) is 9.04. The molecule has 108 valence electrons. The van der Waals surface area contributed by atoms with E-state index < -0.39 is 38.5 Å². The molecule has 0 amide bonds. The minimum absolute atomic E-state index is 0.0702. The minimum Gasteiger partial charge on any atom is -0.449 e. The van der Waals surface area contributed by atoms with E-state index in [2.05, 4.69) is 4.74 Å². The van der Waals surface area contributed by atoms with Crippen LogP contribution in [0.15, 0.2) is 12.1 Å². The molecule has 0 aromatic heterocycles. The molecule has 20 heavy (non-hydrogen) atoms. The number of rotatable bonds is 3. The van der Waals surface area contributed by atoms with E-state index in [1.165, 1.54) is 0 Å². The Labute approximate surface area is 113 Å². The molecule has 0 aliphatic carbocycles. The van der Waals surface area contributed by atoms with Crippen LogP contribution in [0, 0.1) is 20.2 Å². The number of benzene rings is 1. The monoisotopic (exact) mass is 284 g/mol. The number of non-ortho nitro benzene ring substituents is 1. The summed E-state index contributed by atoms with van der Waals surface area (Å²) in [6, 6.07) is 1.75. The average molecular weight is 284 g/mol. The predicted octanol–water partition coefficient (Wildman–Crippen LogP) is 2.86. The Bertz CT molecular complexity index is 589. The summed E-state index contributed by atoms with van der Waals surface area (Å²) >= 11 is 0. The van der Waals surface area contributed by atoms with Crippen molar-refractivity contribution in [2.24, 2.45) is 0 Å². The van der Waals surface area contributed by atoms with Crippen LogP contribution in [0.5, 0.6) is 5.75 Å². The molecule has 0 unspecified atom stereocenters. The molecule has 0 aliphatic heterocycles. The van der Waals surface area contributed by atoms with Gasteiger partial charge in [-0.3, -0.25) is 20.2 Å². The molecule has 9 heteroatoms. The lowest BCUT2D eigenvalue weighted by Crippen LogP contribution is -2.17. The van der Waals surface area contributed by atoms with Gasteiger partial charge in [-0.2, -0.15) is 0 Å². The maximum Gasteiger partial charge on any atom is 0.511 e. The van der Waals surface area contributed by atoms with Gasteiger partial charge in [-0.25, -0.2) is 4.79 Å². The van der Waals surface area contributed by atoms with Crippen molar-refractivity contribution in [3.8, 4) is 5.75 Å². The first kappa shape index (κ1) is 15.3. The highest BCUT2D eigenvalue weighted by atomic mass is 16.7. The zero-order valence-corrected chi connectivity index (χ0v) is 10.9. The van der Waals surface area contributed by atoms with Crippen LogP contribution in [-0.4, -0.2) is 21.1 Å². The van der Waals surface area contributed by atoms with Crippen molar-refractivity contribution in [1.82, 2.24) is 0 Å². The highest BCUT2D eigenvalue weighted by Gasteiger charge is 2.32. The van der Waals surface area contributed by atoms with Gasteiger partial charge in [-0.1, -0.05) is 20.8 Å². The second kappa shape index (κ2) is 5.11. The SMILES string of the molecule is CC(C)(C)c1cc([N+](=O)[O-])cc([N+](=O)[O-])c1OC(=O)O. The molecule has 0 saturated carbocycles. The Morgan fingerprint density at radius 1 is 1.20 bits per heavy atom. The maximum atomic E-state index is 11.0. The number of hydrogen-bond acceptors (Lipinski definition) is 6. The first-order valence-electron chi connectivity index (χ1n) is 5.42. The van der Waals surface area contributed by atoms with Gasteiger partial charge in [0.15, 0.2) is 0 Å². The summed E-state index contributed by atoms with van der Waals surface area (Å²) in [7, 11) is 0. The number of carbonyl (C=O) groups is 1. The van der Waals surface area contributed by atoms with Crippen molar-refractivity contribution in [2.75, 3.05) is 0 Å². The molecule has 1 aromatic rings. The molecule has 0 atom stereocenters. The van der Waals surface area contributed by atoms with E-state index in [1.54, 1.807) is 20.8 Å². The fourth-order valence-electron chi connectivity index (χ4n) is 1.59. The summed E-state index contributed by atoms with van der Waals surface area (Å²) in [6.07, 6.45) is -1.73. The summed E-state index contributed by atoms with van der Waals surface area (Å²) in [5, 5.41) is 30.4. The number of ether oxygens (including phenoxy) is 1. The van der Waals surface area contributed by atoms with Gasteiger partial charge in [-0.05, 0) is 5.41 Å². The van der Waals surface area contributed by atoms with Crippen LogP contribution in [0.2, 0.25) is 0 Å². The van der Waals surface area contributed by atoms with E-state index in [4.69, 9.17) is 5.11 Å². The van der Waals surface area contributed by atoms with Crippen LogP contribution in [0.3, 0.4) is 0 Å². The number of nitrogens with zero attached hydrogens (tertiary/aromatic N) is 2. The number of hydrogen-bond donors (Lipinski definition) is 1. The van der Waals surface area contributed by atoms with E-state index in [-0.39, 0.29) is 5.56 Å². The van der Waals surface area contributed by atoms with Gasteiger partial charge in [0.2, 0.25) is 5.75 Å². The van der Waals surface area contributed by atoms with Crippen molar-refractivity contribution < 1.29 is 24.5 Å². The maximum absolute atomic E-state index is 11.0. The third-order valence-corrected chi connectivity index (χ3v) is 2.46. The fourth-order valence-corrected chi connectivity index (χ4v) is 1.59. The third kappa shape index (κ3) is 3.19. The Morgan fingerprint density at radius 2 is 1.75 bits per heavy atom. The van der Waals surface area contributed by atoms with Gasteiger partial charge in [0, 0.05) is 11.6 Å². The normalized spacial score (nSPS) is 10.9. The van der Waals surface area contributed by atoms with Crippen molar-refractivity contribution in [1.29, 1.82) is 0 Å².